The molecule has 1 heterocycles. The van der Waals surface area contributed by atoms with Gasteiger partial charge in [0.05, 0.1) is 5.69 Å². The minimum absolute atomic E-state index is 0.521. The molecule has 0 aromatic carbocycles. The molecule has 0 aliphatic rings. The van der Waals surface area contributed by atoms with E-state index in [1.807, 2.05) is 12.1 Å². The van der Waals surface area contributed by atoms with E-state index >= 15 is 0 Å². The van der Waals surface area contributed by atoms with Gasteiger partial charge in [-0.3, -0.25) is 0 Å². The summed E-state index contributed by atoms with van der Waals surface area (Å²) in [7, 11) is 0. The molecule has 1 rings (SSSR count). The van der Waals surface area contributed by atoms with E-state index in [0.29, 0.717) is 5.69 Å². The third-order valence-electron chi connectivity index (χ3n) is 3.41. The maximum atomic E-state index is 9.11. The van der Waals surface area contributed by atoms with Crippen LogP contribution in [-0.4, -0.2) is 42.6 Å². The van der Waals surface area contributed by atoms with Crippen molar-refractivity contribution in [3.8, 4) is 6.07 Å². The molecule has 1 aromatic rings. The number of pyridine rings is 1. The monoisotopic (exact) mass is 260 g/mol. The van der Waals surface area contributed by atoms with Crippen LogP contribution >= 0.6 is 0 Å². The number of hydrogen-bond acceptors (Lipinski definition) is 4. The van der Waals surface area contributed by atoms with E-state index in [1.165, 1.54) is 0 Å². The van der Waals surface area contributed by atoms with Gasteiger partial charge in [0.2, 0.25) is 0 Å². The highest BCUT2D eigenvalue weighted by molar-refractivity contribution is 5.55. The average molecular weight is 260 g/mol. The Bertz CT molecular complexity index is 407. The van der Waals surface area contributed by atoms with E-state index in [2.05, 4.69) is 41.6 Å². The zero-order chi connectivity index (χ0) is 14.1. The Morgan fingerprint density at radius 3 is 2.47 bits per heavy atom. The van der Waals surface area contributed by atoms with Gasteiger partial charge >= 0.3 is 0 Å². The van der Waals surface area contributed by atoms with Gasteiger partial charge in [0.1, 0.15) is 6.07 Å². The maximum Gasteiger partial charge on any atom is 0.163 e. The number of nitriles is 1. The third kappa shape index (κ3) is 4.53. The second kappa shape index (κ2) is 8.49. The first-order valence-corrected chi connectivity index (χ1v) is 7.09. The first kappa shape index (κ1) is 15.5. The van der Waals surface area contributed by atoms with Crippen molar-refractivity contribution >= 4 is 5.69 Å². The number of hydrogen-bond donors (Lipinski definition) is 0. The molecule has 0 N–H and O–H groups in total. The Labute approximate surface area is 116 Å². The fraction of sp³-hybridized carbons (Fsp3) is 0.600. The summed E-state index contributed by atoms with van der Waals surface area (Å²) in [6.07, 6.45) is 2.78. The molecule has 4 nitrogen and oxygen atoms in total. The second-order valence-electron chi connectivity index (χ2n) is 4.44. The topological polar surface area (TPSA) is 43.2 Å². The van der Waals surface area contributed by atoms with Gasteiger partial charge < -0.3 is 9.80 Å². The van der Waals surface area contributed by atoms with Gasteiger partial charge in [-0.05, 0) is 45.1 Å². The maximum absolute atomic E-state index is 9.11. The van der Waals surface area contributed by atoms with E-state index in [0.717, 1.165) is 44.8 Å². The van der Waals surface area contributed by atoms with Crippen molar-refractivity contribution in [3.63, 3.8) is 0 Å². The minimum Gasteiger partial charge on any atom is -0.369 e. The van der Waals surface area contributed by atoms with Crippen LogP contribution in [-0.2, 0) is 0 Å². The van der Waals surface area contributed by atoms with E-state index < -0.39 is 0 Å². The first-order chi connectivity index (χ1) is 9.26. The van der Waals surface area contributed by atoms with Gasteiger partial charge in [-0.1, -0.05) is 13.8 Å². The Morgan fingerprint density at radius 2 is 1.89 bits per heavy atom. The molecule has 19 heavy (non-hydrogen) atoms. The zero-order valence-electron chi connectivity index (χ0n) is 12.3. The van der Waals surface area contributed by atoms with Crippen molar-refractivity contribution in [1.29, 1.82) is 5.26 Å². The van der Waals surface area contributed by atoms with Crippen LogP contribution in [0.5, 0.6) is 0 Å². The predicted octanol–water partition coefficient (Wildman–Crippen LogP) is 2.51. The SMILES string of the molecule is CCN(CC)CCCN(CC)c1cccnc1C#N. The fourth-order valence-electron chi connectivity index (χ4n) is 2.21. The van der Waals surface area contributed by atoms with Crippen molar-refractivity contribution in [2.24, 2.45) is 0 Å². The van der Waals surface area contributed by atoms with Crippen LogP contribution in [0.4, 0.5) is 5.69 Å². The highest BCUT2D eigenvalue weighted by Crippen LogP contribution is 2.17. The van der Waals surface area contributed by atoms with Crippen LogP contribution in [0.3, 0.4) is 0 Å². The van der Waals surface area contributed by atoms with Crippen LogP contribution < -0.4 is 4.90 Å². The fourth-order valence-corrected chi connectivity index (χ4v) is 2.21. The standard InChI is InChI=1S/C15H24N4/c1-4-18(5-2)11-8-12-19(6-3)15-9-7-10-17-14(15)13-16/h7,9-10H,4-6,8,11-12H2,1-3H3. The number of aromatic nitrogens is 1. The van der Waals surface area contributed by atoms with Crippen LogP contribution in [0.1, 0.15) is 32.9 Å². The molecule has 1 aromatic heterocycles. The lowest BCUT2D eigenvalue weighted by molar-refractivity contribution is 0.300. The smallest absolute Gasteiger partial charge is 0.163 e. The Morgan fingerprint density at radius 1 is 1.16 bits per heavy atom. The average Bonchev–Trinajstić information content (AvgIpc) is 2.48. The van der Waals surface area contributed by atoms with Crippen LogP contribution in [0.2, 0.25) is 0 Å². The second-order valence-corrected chi connectivity index (χ2v) is 4.44. The summed E-state index contributed by atoms with van der Waals surface area (Å²) in [4.78, 5) is 8.78. The lowest BCUT2D eigenvalue weighted by Crippen LogP contribution is -2.30. The normalized spacial score (nSPS) is 10.5. The van der Waals surface area contributed by atoms with Gasteiger partial charge in [0.25, 0.3) is 0 Å². The molecule has 0 atom stereocenters. The quantitative estimate of drug-likeness (QED) is 0.720. The number of nitrogens with zero attached hydrogens (tertiary/aromatic N) is 4. The molecule has 104 valence electrons. The Balaban J connectivity index is 2.61. The molecule has 0 radical (unpaired) electrons. The Hall–Kier alpha value is -1.60. The van der Waals surface area contributed by atoms with Crippen LogP contribution in [0.15, 0.2) is 18.3 Å². The molecular formula is C15H24N4. The van der Waals surface area contributed by atoms with Gasteiger partial charge in [-0.2, -0.15) is 5.26 Å². The summed E-state index contributed by atoms with van der Waals surface area (Å²) in [5, 5.41) is 9.11. The lowest BCUT2D eigenvalue weighted by Gasteiger charge is -2.25. The number of rotatable bonds is 8. The molecule has 0 amide bonds. The molecule has 0 bridgehead atoms. The molecule has 0 aliphatic heterocycles. The van der Waals surface area contributed by atoms with Crippen molar-refractivity contribution in [2.45, 2.75) is 27.2 Å². The summed E-state index contributed by atoms with van der Waals surface area (Å²) in [5.41, 5.74) is 1.47. The molecule has 0 fully saturated rings. The van der Waals surface area contributed by atoms with Gasteiger partial charge in [0, 0.05) is 19.3 Å². The van der Waals surface area contributed by atoms with E-state index in [-0.39, 0.29) is 0 Å². The predicted molar refractivity (Wildman–Crippen MR) is 79.2 cm³/mol. The Kier molecular flexibility index (Phi) is 6.91. The minimum atomic E-state index is 0.521. The zero-order valence-corrected chi connectivity index (χ0v) is 12.3. The summed E-state index contributed by atoms with van der Waals surface area (Å²) < 4.78 is 0. The van der Waals surface area contributed by atoms with E-state index in [1.54, 1.807) is 6.20 Å². The van der Waals surface area contributed by atoms with Gasteiger partial charge in [-0.15, -0.1) is 0 Å². The third-order valence-corrected chi connectivity index (χ3v) is 3.41. The van der Waals surface area contributed by atoms with Crippen LogP contribution in [0.25, 0.3) is 0 Å². The number of anilines is 1. The van der Waals surface area contributed by atoms with Crippen molar-refractivity contribution in [1.82, 2.24) is 9.88 Å². The molecule has 0 spiro atoms. The summed E-state index contributed by atoms with van der Waals surface area (Å²) >= 11 is 0. The molecule has 0 aliphatic carbocycles. The molecule has 0 unspecified atom stereocenters. The molecular weight excluding hydrogens is 236 g/mol. The summed E-state index contributed by atoms with van der Waals surface area (Å²) in [6, 6.07) is 6.04. The summed E-state index contributed by atoms with van der Waals surface area (Å²) in [6.45, 7) is 11.7. The van der Waals surface area contributed by atoms with Gasteiger partial charge in [0.15, 0.2) is 5.69 Å². The largest absolute Gasteiger partial charge is 0.369 e. The molecule has 0 saturated carbocycles. The lowest BCUT2D eigenvalue weighted by atomic mass is 10.2. The molecule has 4 heteroatoms. The van der Waals surface area contributed by atoms with Gasteiger partial charge in [-0.25, -0.2) is 4.98 Å². The van der Waals surface area contributed by atoms with Crippen molar-refractivity contribution in [2.75, 3.05) is 37.6 Å². The van der Waals surface area contributed by atoms with E-state index in [4.69, 9.17) is 5.26 Å². The van der Waals surface area contributed by atoms with Crippen LogP contribution in [0, 0.1) is 11.3 Å². The van der Waals surface area contributed by atoms with Crippen molar-refractivity contribution < 1.29 is 0 Å². The summed E-state index contributed by atoms with van der Waals surface area (Å²) in [5.74, 6) is 0. The molecule has 0 saturated heterocycles. The highest BCUT2D eigenvalue weighted by atomic mass is 15.1. The van der Waals surface area contributed by atoms with Crippen molar-refractivity contribution in [3.05, 3.63) is 24.0 Å². The first-order valence-electron chi connectivity index (χ1n) is 7.09. The highest BCUT2D eigenvalue weighted by Gasteiger charge is 2.10. The van der Waals surface area contributed by atoms with E-state index in [9.17, 15) is 0 Å².